The summed E-state index contributed by atoms with van der Waals surface area (Å²) in [4.78, 5) is 33.3. The number of carbonyl (C=O) groups is 3. The van der Waals surface area contributed by atoms with Crippen molar-refractivity contribution in [3.63, 3.8) is 0 Å². The van der Waals surface area contributed by atoms with Gasteiger partial charge in [0, 0.05) is 23.7 Å². The Balaban J connectivity index is -0.000000162. The van der Waals surface area contributed by atoms with Crippen LogP contribution in [0, 0.1) is 67.6 Å². The molecule has 280 valence electrons. The summed E-state index contributed by atoms with van der Waals surface area (Å²) < 4.78 is 14.3. The first kappa shape index (κ1) is 54.3. The molecule has 0 amide bonds. The fraction of sp³-hybridized carbons (Fsp3) is 0.846. The molecule has 0 aliphatic heterocycles. The molecule has 0 heterocycles. The van der Waals surface area contributed by atoms with E-state index in [-0.39, 0.29) is 56.7 Å². The second kappa shape index (κ2) is 21.8. The van der Waals surface area contributed by atoms with E-state index in [9.17, 15) is 14.4 Å². The van der Waals surface area contributed by atoms with Crippen molar-refractivity contribution < 1.29 is 28.6 Å². The van der Waals surface area contributed by atoms with Gasteiger partial charge in [0.25, 0.3) is 25.0 Å². The maximum atomic E-state index is 10.0. The number of hydrogen-bond acceptors (Lipinski definition) is 8. The number of nitrogens with zero attached hydrogens (tertiary/aromatic N) is 3. The molecule has 0 rings (SSSR count). The highest BCUT2D eigenvalue weighted by molar-refractivity contribution is 5.38. The highest BCUT2D eigenvalue weighted by atomic mass is 16.5. The first-order chi connectivity index (χ1) is 21.0. The maximum Gasteiger partial charge on any atom is 0.293 e. The first-order valence-electron chi connectivity index (χ1n) is 16.4. The molecule has 0 aromatic carbocycles. The number of nitriles is 2. The van der Waals surface area contributed by atoms with Crippen LogP contribution in [0.5, 0.6) is 0 Å². The SMILES string of the molecule is CC(C#N)C(C)(C)C.CC(C)(C)C(C)(C)C#N.CC(C)(C)C(C)(C)OC=O.CC(OC=O)C(C)(C)C.[C-]#[N+]C(C)(COC=O)C(C)(C)C. The van der Waals surface area contributed by atoms with Crippen LogP contribution >= 0.6 is 0 Å². The molecule has 0 saturated carbocycles. The lowest BCUT2D eigenvalue weighted by molar-refractivity contribution is -0.150. The Morgan fingerprint density at radius 3 is 1.17 bits per heavy atom. The minimum atomic E-state index is -0.631. The Labute approximate surface area is 296 Å². The van der Waals surface area contributed by atoms with Crippen LogP contribution in [0.15, 0.2) is 0 Å². The van der Waals surface area contributed by atoms with Gasteiger partial charge in [-0.2, -0.15) is 10.5 Å². The van der Waals surface area contributed by atoms with Crippen LogP contribution in [0.25, 0.3) is 4.85 Å². The molecule has 0 aromatic rings. The fourth-order valence-electron chi connectivity index (χ4n) is 1.56. The largest absolute Gasteiger partial charge is 0.464 e. The van der Waals surface area contributed by atoms with Crippen LogP contribution < -0.4 is 0 Å². The second-order valence-corrected chi connectivity index (χ2v) is 18.5. The lowest BCUT2D eigenvalue weighted by Gasteiger charge is -2.36. The molecule has 0 N–H and O–H groups in total. The van der Waals surface area contributed by atoms with Gasteiger partial charge in [-0.1, -0.05) is 104 Å². The Bertz CT molecular complexity index is 1040. The molecule has 0 aliphatic carbocycles. The second-order valence-electron chi connectivity index (χ2n) is 18.5. The molecule has 3 unspecified atom stereocenters. The van der Waals surface area contributed by atoms with Crippen molar-refractivity contribution in [1.29, 1.82) is 10.5 Å². The molecule has 0 fully saturated rings. The normalized spacial score (nSPS) is 14.3. The van der Waals surface area contributed by atoms with Gasteiger partial charge in [0.2, 0.25) is 0 Å². The summed E-state index contributed by atoms with van der Waals surface area (Å²) in [6.45, 7) is 52.4. The summed E-state index contributed by atoms with van der Waals surface area (Å²) in [6.07, 6.45) is -0.00463. The molecular formula is C39H73N3O6. The molecular weight excluding hydrogens is 606 g/mol. The predicted molar refractivity (Wildman–Crippen MR) is 196 cm³/mol. The molecule has 0 spiro atoms. The van der Waals surface area contributed by atoms with E-state index >= 15 is 0 Å². The third-order valence-electron chi connectivity index (χ3n) is 9.57. The molecule has 0 aromatic heterocycles. The fourth-order valence-corrected chi connectivity index (χ4v) is 1.56. The van der Waals surface area contributed by atoms with Crippen molar-refractivity contribution in [1.82, 2.24) is 0 Å². The van der Waals surface area contributed by atoms with Gasteiger partial charge in [0.05, 0.1) is 17.6 Å². The van der Waals surface area contributed by atoms with Crippen LogP contribution in [0.3, 0.4) is 0 Å². The van der Waals surface area contributed by atoms with E-state index in [1.54, 1.807) is 6.92 Å². The summed E-state index contributed by atoms with van der Waals surface area (Å²) in [5.41, 5.74) is -1.13. The lowest BCUT2D eigenvalue weighted by atomic mass is 9.70. The topological polar surface area (TPSA) is 131 Å². The van der Waals surface area contributed by atoms with E-state index in [1.165, 1.54) is 0 Å². The van der Waals surface area contributed by atoms with Gasteiger partial charge in [-0.3, -0.25) is 14.4 Å². The van der Waals surface area contributed by atoms with E-state index < -0.39 is 5.54 Å². The highest BCUT2D eigenvalue weighted by Crippen LogP contribution is 2.37. The molecule has 9 heteroatoms. The van der Waals surface area contributed by atoms with Gasteiger partial charge in [0.1, 0.15) is 11.7 Å². The molecule has 48 heavy (non-hydrogen) atoms. The quantitative estimate of drug-likeness (QED) is 0.148. The van der Waals surface area contributed by atoms with E-state index in [1.807, 2.05) is 104 Å². The van der Waals surface area contributed by atoms with E-state index in [0.29, 0.717) is 19.4 Å². The Morgan fingerprint density at radius 2 is 1.06 bits per heavy atom. The average molecular weight is 680 g/mol. The lowest BCUT2D eigenvalue weighted by Crippen LogP contribution is -2.40. The highest BCUT2D eigenvalue weighted by Gasteiger charge is 2.45. The third kappa shape index (κ3) is 24.1. The van der Waals surface area contributed by atoms with Gasteiger partial charge in [-0.25, -0.2) is 6.57 Å². The first-order valence-corrected chi connectivity index (χ1v) is 16.4. The maximum absolute atomic E-state index is 10.0. The van der Waals surface area contributed by atoms with Crippen molar-refractivity contribution in [3.05, 3.63) is 11.4 Å². The zero-order valence-corrected chi connectivity index (χ0v) is 34.9. The number of ether oxygens (including phenoxy) is 3. The van der Waals surface area contributed by atoms with Gasteiger partial charge >= 0.3 is 0 Å². The summed E-state index contributed by atoms with van der Waals surface area (Å²) in [6, 6.07) is 4.49. The minimum Gasteiger partial charge on any atom is -0.464 e. The van der Waals surface area contributed by atoms with Crippen LogP contribution in [0.2, 0.25) is 0 Å². The third-order valence-corrected chi connectivity index (χ3v) is 9.57. The molecule has 9 nitrogen and oxygen atoms in total. The molecule has 0 aliphatic rings. The predicted octanol–water partition coefficient (Wildman–Crippen LogP) is 10.2. The number of carbonyl (C=O) groups excluding carboxylic acids is 3. The van der Waals surface area contributed by atoms with Crippen LogP contribution in [0.1, 0.15) is 152 Å². The van der Waals surface area contributed by atoms with Crippen LogP contribution in [0.4, 0.5) is 0 Å². The summed E-state index contributed by atoms with van der Waals surface area (Å²) in [5, 5.41) is 17.1. The summed E-state index contributed by atoms with van der Waals surface area (Å²) in [7, 11) is 0. The Morgan fingerprint density at radius 1 is 0.646 bits per heavy atom. The van der Waals surface area contributed by atoms with Crippen molar-refractivity contribution in [3.8, 4) is 12.1 Å². The number of hydrogen-bond donors (Lipinski definition) is 0. The monoisotopic (exact) mass is 680 g/mol. The molecule has 3 atom stereocenters. The Kier molecular flexibility index (Phi) is 24.6. The number of rotatable bonds is 7. The average Bonchev–Trinajstić information content (AvgIpc) is 2.89. The van der Waals surface area contributed by atoms with E-state index in [0.717, 1.165) is 0 Å². The minimum absolute atomic E-state index is 0.00463. The molecule has 0 radical (unpaired) electrons. The Hall–Kier alpha value is -3.12. The van der Waals surface area contributed by atoms with E-state index in [2.05, 4.69) is 63.3 Å². The van der Waals surface area contributed by atoms with Crippen molar-refractivity contribution in [2.45, 2.75) is 170 Å². The van der Waals surface area contributed by atoms with E-state index in [4.69, 9.17) is 26.6 Å². The van der Waals surface area contributed by atoms with Crippen molar-refractivity contribution in [2.75, 3.05) is 6.61 Å². The standard InChI is InChI=1S/C9H15NO2.C8H15N.C8H16O2.C7H13N.C7H14O2/c1-8(2,3)9(4,10-5)6-12-7-11;1-7(2,3)8(4,5)6-9;1-7(2,3)8(4,5)10-6-9;1-6(5-8)7(2,3)4;1-6(9-5-8)7(2,3)4/h7H,6H2,1-4H3;1-5H3;6H,1-5H3;6H,1-4H3;5-6H,1-4H3. The van der Waals surface area contributed by atoms with Gasteiger partial charge in [-0.15, -0.1) is 0 Å². The zero-order valence-electron chi connectivity index (χ0n) is 34.9. The van der Waals surface area contributed by atoms with Crippen LogP contribution in [-0.2, 0) is 28.6 Å². The smallest absolute Gasteiger partial charge is 0.293 e. The molecule has 0 saturated heterocycles. The molecule has 0 bridgehead atoms. The summed E-state index contributed by atoms with van der Waals surface area (Å²) in [5.74, 6) is 0.155. The summed E-state index contributed by atoms with van der Waals surface area (Å²) >= 11 is 0. The van der Waals surface area contributed by atoms with Gasteiger partial charge in [-0.05, 0) is 57.8 Å². The van der Waals surface area contributed by atoms with Gasteiger partial charge < -0.3 is 19.1 Å². The zero-order chi connectivity index (χ0) is 40.2. The van der Waals surface area contributed by atoms with Gasteiger partial charge in [0.15, 0.2) is 6.61 Å². The van der Waals surface area contributed by atoms with Crippen molar-refractivity contribution >= 4 is 19.4 Å². The van der Waals surface area contributed by atoms with Crippen LogP contribution in [-0.4, -0.2) is 43.3 Å². The van der Waals surface area contributed by atoms with Crippen molar-refractivity contribution in [2.24, 2.45) is 38.4 Å².